The van der Waals surface area contributed by atoms with Crippen LogP contribution in [0.2, 0.25) is 0 Å². The van der Waals surface area contributed by atoms with E-state index in [9.17, 15) is 13.2 Å². The number of hydrogen-bond acceptors (Lipinski definition) is 3. The van der Waals surface area contributed by atoms with Crippen LogP contribution in [0.1, 0.15) is 29.5 Å². The maximum Gasteiger partial charge on any atom is 0.211 e. The van der Waals surface area contributed by atoms with Gasteiger partial charge in [-0.05, 0) is 30.0 Å². The summed E-state index contributed by atoms with van der Waals surface area (Å²) in [5.41, 5.74) is 1.77. The van der Waals surface area contributed by atoms with Crippen LogP contribution >= 0.6 is 0 Å². The molecule has 3 rings (SSSR count). The van der Waals surface area contributed by atoms with Crippen LogP contribution in [0.15, 0.2) is 54.6 Å². The highest BCUT2D eigenvalue weighted by molar-refractivity contribution is 7.88. The van der Waals surface area contributed by atoms with Gasteiger partial charge < -0.3 is 0 Å². The highest BCUT2D eigenvalue weighted by atomic mass is 32.2. The van der Waals surface area contributed by atoms with Crippen molar-refractivity contribution in [2.75, 3.05) is 19.3 Å². The van der Waals surface area contributed by atoms with Crippen molar-refractivity contribution in [3.8, 4) is 0 Å². The molecule has 2 aromatic carbocycles. The van der Waals surface area contributed by atoms with Gasteiger partial charge in [-0.1, -0.05) is 54.6 Å². The number of hydrogen-bond donors (Lipinski definition) is 0. The molecule has 1 unspecified atom stereocenters. The minimum absolute atomic E-state index is 0.0825. The Morgan fingerprint density at radius 2 is 1.64 bits per heavy atom. The smallest absolute Gasteiger partial charge is 0.211 e. The average Bonchev–Trinajstić information content (AvgIpc) is 2.76. The fraction of sp³-hybridized carbons (Fsp3) is 0.350. The lowest BCUT2D eigenvalue weighted by Gasteiger charge is -2.36. The molecule has 0 amide bonds. The zero-order valence-corrected chi connectivity index (χ0v) is 15.4. The van der Waals surface area contributed by atoms with Crippen LogP contribution in [0.3, 0.4) is 0 Å². The van der Waals surface area contributed by atoms with E-state index in [2.05, 4.69) is 0 Å². The molecule has 5 heteroatoms. The first-order valence-electron chi connectivity index (χ1n) is 8.46. The lowest BCUT2D eigenvalue weighted by molar-refractivity contribution is -0.122. The second-order valence-electron chi connectivity index (χ2n) is 6.71. The Balaban J connectivity index is 2.29. The Kier molecular flexibility index (Phi) is 4.80. The van der Waals surface area contributed by atoms with Crippen molar-refractivity contribution in [1.29, 1.82) is 0 Å². The molecule has 0 radical (unpaired) electrons. The normalized spacial score (nSPS) is 22.6. The second-order valence-corrected chi connectivity index (χ2v) is 8.69. The van der Waals surface area contributed by atoms with E-state index in [1.54, 1.807) is 0 Å². The molecule has 1 aliphatic rings. The van der Waals surface area contributed by atoms with Crippen LogP contribution in [0, 0.1) is 6.92 Å². The van der Waals surface area contributed by atoms with Crippen LogP contribution in [-0.2, 0) is 20.2 Å². The maximum atomic E-state index is 13.3. The number of Topliss-reactive ketones (excluding diaryl/α,β-unsaturated/α-hetero) is 1. The lowest BCUT2D eigenvalue weighted by atomic mass is 9.69. The number of carbonyl (C=O) groups excluding carboxylic acids is 1. The Labute approximate surface area is 149 Å². The van der Waals surface area contributed by atoms with Crippen LogP contribution < -0.4 is 0 Å². The summed E-state index contributed by atoms with van der Waals surface area (Å²) in [6.45, 7) is 2.51. The molecule has 0 N–H and O–H groups in total. The van der Waals surface area contributed by atoms with Crippen LogP contribution in [0.4, 0.5) is 0 Å². The van der Waals surface area contributed by atoms with Gasteiger partial charge in [-0.2, -0.15) is 0 Å². The number of carbonyl (C=O) groups is 1. The van der Waals surface area contributed by atoms with Crippen molar-refractivity contribution in [2.45, 2.75) is 25.2 Å². The Bertz CT molecular complexity index is 877. The molecule has 0 aliphatic carbocycles. The van der Waals surface area contributed by atoms with E-state index in [1.165, 1.54) is 10.6 Å². The summed E-state index contributed by atoms with van der Waals surface area (Å²) in [7, 11) is -3.39. The average molecular weight is 357 g/mol. The lowest BCUT2D eigenvalue weighted by Crippen LogP contribution is -2.47. The molecular formula is C20H23NO3S. The molecule has 25 heavy (non-hydrogen) atoms. The number of ketones is 1. The first-order valence-corrected chi connectivity index (χ1v) is 10.3. The quantitative estimate of drug-likeness (QED) is 0.849. The zero-order chi connectivity index (χ0) is 18.1. The third-order valence-corrected chi connectivity index (χ3v) is 6.29. The van der Waals surface area contributed by atoms with Gasteiger partial charge in [-0.15, -0.1) is 0 Å². The van der Waals surface area contributed by atoms with Gasteiger partial charge >= 0.3 is 0 Å². The first kappa shape index (κ1) is 17.8. The molecule has 0 aromatic heterocycles. The standard InChI is InChI=1S/C20H23NO3S/c1-16-9-6-7-12-18(16)20(17-10-4-3-5-11-17)15-21(25(2,23)24)14-8-13-19(20)22/h3-7,9-12H,8,13-15H2,1-2H3. The topological polar surface area (TPSA) is 54.5 Å². The number of nitrogens with zero attached hydrogens (tertiary/aromatic N) is 1. The summed E-state index contributed by atoms with van der Waals surface area (Å²) >= 11 is 0. The zero-order valence-electron chi connectivity index (χ0n) is 14.6. The predicted molar refractivity (Wildman–Crippen MR) is 99.1 cm³/mol. The van der Waals surface area contributed by atoms with Gasteiger partial charge in [0, 0.05) is 19.5 Å². The van der Waals surface area contributed by atoms with E-state index in [-0.39, 0.29) is 12.3 Å². The summed E-state index contributed by atoms with van der Waals surface area (Å²) in [5, 5.41) is 0. The van der Waals surface area contributed by atoms with Gasteiger partial charge in [0.2, 0.25) is 10.0 Å². The molecule has 1 aliphatic heterocycles. The minimum atomic E-state index is -3.39. The Morgan fingerprint density at radius 3 is 2.28 bits per heavy atom. The molecule has 0 saturated carbocycles. The minimum Gasteiger partial charge on any atom is -0.298 e. The van der Waals surface area contributed by atoms with Crippen LogP contribution in [0.5, 0.6) is 0 Å². The van der Waals surface area contributed by atoms with E-state index < -0.39 is 15.4 Å². The van der Waals surface area contributed by atoms with Gasteiger partial charge in [-0.25, -0.2) is 12.7 Å². The molecule has 1 saturated heterocycles. The second kappa shape index (κ2) is 6.73. The maximum absolute atomic E-state index is 13.3. The summed E-state index contributed by atoms with van der Waals surface area (Å²) in [5.74, 6) is 0.0825. The van der Waals surface area contributed by atoms with Crippen molar-refractivity contribution in [3.63, 3.8) is 0 Å². The van der Waals surface area contributed by atoms with E-state index in [4.69, 9.17) is 0 Å². The molecule has 0 bridgehead atoms. The van der Waals surface area contributed by atoms with Crippen molar-refractivity contribution in [2.24, 2.45) is 0 Å². The summed E-state index contributed by atoms with van der Waals surface area (Å²) in [4.78, 5) is 13.3. The van der Waals surface area contributed by atoms with Crippen molar-refractivity contribution in [1.82, 2.24) is 4.31 Å². The summed E-state index contributed by atoms with van der Waals surface area (Å²) < 4.78 is 26.0. The SMILES string of the molecule is Cc1ccccc1C1(c2ccccc2)CN(S(C)(=O)=O)CCCC1=O. The molecule has 132 valence electrons. The van der Waals surface area contributed by atoms with E-state index in [0.29, 0.717) is 19.4 Å². The van der Waals surface area contributed by atoms with Crippen LogP contribution in [-0.4, -0.2) is 37.9 Å². The molecule has 0 spiro atoms. The first-order chi connectivity index (χ1) is 11.9. The molecule has 1 atom stereocenters. The highest BCUT2D eigenvalue weighted by Crippen LogP contribution is 2.39. The predicted octanol–water partition coefficient (Wildman–Crippen LogP) is 2.91. The number of benzene rings is 2. The molecule has 1 fully saturated rings. The summed E-state index contributed by atoms with van der Waals surface area (Å²) in [6.07, 6.45) is 2.14. The van der Waals surface area contributed by atoms with E-state index in [1.807, 2.05) is 61.5 Å². The Morgan fingerprint density at radius 1 is 1.00 bits per heavy atom. The van der Waals surface area contributed by atoms with Gasteiger partial charge in [0.15, 0.2) is 0 Å². The monoisotopic (exact) mass is 357 g/mol. The van der Waals surface area contributed by atoms with Crippen molar-refractivity contribution >= 4 is 15.8 Å². The van der Waals surface area contributed by atoms with Crippen molar-refractivity contribution < 1.29 is 13.2 Å². The molecule has 4 nitrogen and oxygen atoms in total. The number of aryl methyl sites for hydroxylation is 1. The molecule has 2 aromatic rings. The van der Waals surface area contributed by atoms with Gasteiger partial charge in [0.1, 0.15) is 5.78 Å². The third-order valence-electron chi connectivity index (χ3n) is 5.04. The number of sulfonamides is 1. The third kappa shape index (κ3) is 3.26. The van der Waals surface area contributed by atoms with Gasteiger partial charge in [0.25, 0.3) is 0 Å². The highest BCUT2D eigenvalue weighted by Gasteiger charge is 2.46. The Hall–Kier alpha value is -1.98. The number of rotatable bonds is 3. The molecular weight excluding hydrogens is 334 g/mol. The molecule has 1 heterocycles. The fourth-order valence-electron chi connectivity index (χ4n) is 3.76. The van der Waals surface area contributed by atoms with Gasteiger partial charge in [0.05, 0.1) is 11.7 Å². The summed E-state index contributed by atoms with van der Waals surface area (Å²) in [6, 6.07) is 17.3. The van der Waals surface area contributed by atoms with Gasteiger partial charge in [-0.3, -0.25) is 4.79 Å². The fourth-order valence-corrected chi connectivity index (χ4v) is 4.65. The van der Waals surface area contributed by atoms with Crippen molar-refractivity contribution in [3.05, 3.63) is 71.3 Å². The van der Waals surface area contributed by atoms with Crippen LogP contribution in [0.25, 0.3) is 0 Å². The largest absolute Gasteiger partial charge is 0.298 e. The van der Waals surface area contributed by atoms with E-state index in [0.717, 1.165) is 16.7 Å². The van der Waals surface area contributed by atoms with E-state index >= 15 is 0 Å².